The molecule has 1 saturated heterocycles. The topological polar surface area (TPSA) is 122 Å². The zero-order valence-corrected chi connectivity index (χ0v) is 22.9. The number of urea groups is 1. The molecule has 1 aromatic carbocycles. The molecule has 41 heavy (non-hydrogen) atoms. The Bertz CT molecular complexity index is 1720. The number of fused-ring (bicyclic) bond motifs is 1. The average Bonchev–Trinajstić information content (AvgIpc) is 3.89. The van der Waals surface area contributed by atoms with Crippen LogP contribution in [0.2, 0.25) is 5.02 Å². The van der Waals surface area contributed by atoms with E-state index in [0.717, 1.165) is 35.3 Å². The number of aromatic nitrogens is 4. The molecule has 11 nitrogen and oxygen atoms in total. The zero-order valence-electron chi connectivity index (χ0n) is 22.2. The van der Waals surface area contributed by atoms with Crippen molar-refractivity contribution in [1.29, 1.82) is 0 Å². The van der Waals surface area contributed by atoms with Crippen molar-refractivity contribution < 1.29 is 19.1 Å². The van der Waals surface area contributed by atoms with Crippen LogP contribution in [-0.2, 0) is 16.2 Å². The molecule has 1 N–H and O–H groups in total. The van der Waals surface area contributed by atoms with Crippen LogP contribution in [-0.4, -0.2) is 55.9 Å². The molecule has 4 amide bonds. The van der Waals surface area contributed by atoms with Crippen LogP contribution in [0.25, 0.3) is 5.65 Å². The number of carbonyl (C=O) groups is 3. The fourth-order valence-corrected chi connectivity index (χ4v) is 5.50. The molecule has 4 aromatic rings. The van der Waals surface area contributed by atoms with Gasteiger partial charge in [0.25, 0.3) is 0 Å². The Hall–Kier alpha value is -4.51. The Morgan fingerprint density at radius 1 is 1.15 bits per heavy atom. The van der Waals surface area contributed by atoms with E-state index in [0.29, 0.717) is 39.5 Å². The summed E-state index contributed by atoms with van der Waals surface area (Å²) in [4.78, 5) is 45.1. The quantitative estimate of drug-likeness (QED) is 0.311. The smallest absolute Gasteiger partial charge is 0.331 e. The van der Waals surface area contributed by atoms with E-state index in [1.54, 1.807) is 6.07 Å². The maximum absolute atomic E-state index is 12.8. The highest BCUT2D eigenvalue weighted by atomic mass is 35.5. The first-order chi connectivity index (χ1) is 19.8. The van der Waals surface area contributed by atoms with E-state index in [1.807, 2.05) is 47.1 Å². The van der Waals surface area contributed by atoms with E-state index < -0.39 is 0 Å². The van der Waals surface area contributed by atoms with Gasteiger partial charge in [0.15, 0.2) is 11.5 Å². The Morgan fingerprint density at radius 3 is 2.76 bits per heavy atom. The summed E-state index contributed by atoms with van der Waals surface area (Å²) in [6.45, 7) is 0.112. The summed E-state index contributed by atoms with van der Waals surface area (Å²) >= 11 is 6.10. The second-order valence-corrected chi connectivity index (χ2v) is 11.2. The molecular weight excluding hydrogens is 546 g/mol. The molecule has 3 aromatic heterocycles. The number of hydrogen-bond donors (Lipinski definition) is 1. The van der Waals surface area contributed by atoms with Gasteiger partial charge in [0.1, 0.15) is 18.9 Å². The van der Waals surface area contributed by atoms with Gasteiger partial charge >= 0.3 is 6.03 Å². The van der Waals surface area contributed by atoms with Gasteiger partial charge < -0.3 is 14.5 Å². The highest BCUT2D eigenvalue weighted by Gasteiger charge is 2.44. The number of nitrogens with zero attached hydrogens (tertiary/aromatic N) is 6. The van der Waals surface area contributed by atoms with Crippen molar-refractivity contribution in [3.05, 3.63) is 76.8 Å². The van der Waals surface area contributed by atoms with Crippen LogP contribution < -0.4 is 15.0 Å². The summed E-state index contributed by atoms with van der Waals surface area (Å²) in [6.07, 6.45) is 8.29. The molecule has 2 atom stereocenters. The molecule has 0 spiro atoms. The summed E-state index contributed by atoms with van der Waals surface area (Å²) in [6, 6.07) is 10.8. The van der Waals surface area contributed by atoms with E-state index in [4.69, 9.17) is 21.3 Å². The zero-order chi connectivity index (χ0) is 28.2. The number of rotatable bonds is 8. The number of anilines is 2. The van der Waals surface area contributed by atoms with Crippen molar-refractivity contribution in [2.45, 2.75) is 37.7 Å². The standard InChI is InChI=1S/C29H26ClN7O4/c1-35-26(38)14-37(29(35)40)24-8-18(16-5-6-16)12-36-13-20(32-27(24)36)15-41-21-9-25(34-31-11-21)33-28(39)23-10-22(23)17-3-2-4-19(30)7-17/h2-4,7-9,11-13,16,22-23H,5-6,10,14-15H2,1H3,(H,33,34,39)/t22-,23+/m1/s1. The lowest BCUT2D eigenvalue weighted by molar-refractivity contribution is -0.124. The summed E-state index contributed by atoms with van der Waals surface area (Å²) < 4.78 is 7.84. The van der Waals surface area contributed by atoms with Gasteiger partial charge in [0.2, 0.25) is 11.8 Å². The normalized spacial score (nSPS) is 20.1. The Labute approximate surface area is 240 Å². The molecule has 3 fully saturated rings. The first-order valence-corrected chi connectivity index (χ1v) is 13.8. The van der Waals surface area contributed by atoms with E-state index >= 15 is 0 Å². The maximum atomic E-state index is 12.8. The number of ether oxygens (including phenoxy) is 1. The van der Waals surface area contributed by atoms with E-state index in [9.17, 15) is 14.4 Å². The van der Waals surface area contributed by atoms with Crippen LogP contribution >= 0.6 is 11.6 Å². The fourth-order valence-electron chi connectivity index (χ4n) is 5.30. The molecule has 7 rings (SSSR count). The lowest BCUT2D eigenvalue weighted by Gasteiger charge is -2.17. The van der Waals surface area contributed by atoms with Crippen molar-refractivity contribution in [1.82, 2.24) is 24.5 Å². The molecule has 0 unspecified atom stereocenters. The lowest BCUT2D eigenvalue weighted by Crippen LogP contribution is -2.30. The minimum atomic E-state index is -0.367. The second kappa shape index (κ2) is 9.84. The molecule has 2 aliphatic carbocycles. The van der Waals surface area contributed by atoms with Crippen LogP contribution in [0, 0.1) is 5.92 Å². The van der Waals surface area contributed by atoms with Gasteiger partial charge in [-0.05, 0) is 60.4 Å². The van der Waals surface area contributed by atoms with E-state index in [-0.39, 0.29) is 42.8 Å². The summed E-state index contributed by atoms with van der Waals surface area (Å²) in [5.74, 6) is 0.781. The summed E-state index contributed by atoms with van der Waals surface area (Å²) in [5, 5.41) is 11.5. The second-order valence-electron chi connectivity index (χ2n) is 10.8. The van der Waals surface area contributed by atoms with Gasteiger partial charge in [0, 0.05) is 36.4 Å². The molecule has 4 heterocycles. The van der Waals surface area contributed by atoms with Gasteiger partial charge in [-0.25, -0.2) is 9.78 Å². The predicted octanol–water partition coefficient (Wildman–Crippen LogP) is 4.37. The maximum Gasteiger partial charge on any atom is 0.331 e. The van der Waals surface area contributed by atoms with Crippen LogP contribution in [0.1, 0.15) is 47.9 Å². The van der Waals surface area contributed by atoms with Gasteiger partial charge in [-0.2, -0.15) is 5.10 Å². The van der Waals surface area contributed by atoms with Crippen LogP contribution in [0.4, 0.5) is 16.3 Å². The molecular formula is C29H26ClN7O4. The van der Waals surface area contributed by atoms with Crippen molar-refractivity contribution >= 4 is 46.6 Å². The van der Waals surface area contributed by atoms with Crippen molar-refractivity contribution in [2.24, 2.45) is 5.92 Å². The van der Waals surface area contributed by atoms with E-state index in [2.05, 4.69) is 15.5 Å². The number of imide groups is 1. The fraction of sp³-hybridized carbons (Fsp3) is 0.310. The third kappa shape index (κ3) is 4.97. The molecule has 0 radical (unpaired) electrons. The molecule has 208 valence electrons. The van der Waals surface area contributed by atoms with Gasteiger partial charge in [-0.1, -0.05) is 23.7 Å². The molecule has 3 aliphatic rings. The first kappa shape index (κ1) is 25.5. The number of amides is 4. The SMILES string of the molecule is CN1C(=O)CN(c2cc(C3CC3)cn3cc(COc4cnnc(NC(=O)[C@H]5C[C@@H]5c5cccc(Cl)c5)c4)nc23)C1=O. The minimum Gasteiger partial charge on any atom is -0.485 e. The minimum absolute atomic E-state index is 0.0182. The Morgan fingerprint density at radius 2 is 2.00 bits per heavy atom. The molecule has 12 heteroatoms. The third-order valence-corrected chi connectivity index (χ3v) is 8.03. The highest BCUT2D eigenvalue weighted by molar-refractivity contribution is 6.30. The first-order valence-electron chi connectivity index (χ1n) is 13.5. The largest absolute Gasteiger partial charge is 0.485 e. The van der Waals surface area contributed by atoms with Gasteiger partial charge in [-0.15, -0.1) is 5.10 Å². The van der Waals surface area contributed by atoms with Crippen molar-refractivity contribution in [3.8, 4) is 5.75 Å². The summed E-state index contributed by atoms with van der Waals surface area (Å²) in [5.41, 5.74) is 3.97. The molecule has 2 saturated carbocycles. The molecule has 0 bridgehead atoms. The predicted molar refractivity (Wildman–Crippen MR) is 150 cm³/mol. The third-order valence-electron chi connectivity index (χ3n) is 7.80. The average molecular weight is 572 g/mol. The van der Waals surface area contributed by atoms with Crippen LogP contribution in [0.3, 0.4) is 0 Å². The number of nitrogens with one attached hydrogen (secondary N) is 1. The van der Waals surface area contributed by atoms with E-state index in [1.165, 1.54) is 18.1 Å². The molecule has 1 aliphatic heterocycles. The highest BCUT2D eigenvalue weighted by Crippen LogP contribution is 2.48. The number of carbonyl (C=O) groups excluding carboxylic acids is 3. The van der Waals surface area contributed by atoms with Crippen LogP contribution in [0.15, 0.2) is 55.0 Å². The van der Waals surface area contributed by atoms with Crippen molar-refractivity contribution in [3.63, 3.8) is 0 Å². The Balaban J connectivity index is 1.05. The van der Waals surface area contributed by atoms with Crippen molar-refractivity contribution in [2.75, 3.05) is 23.8 Å². The summed E-state index contributed by atoms with van der Waals surface area (Å²) in [7, 11) is 1.49. The number of halogens is 1. The number of imidazole rings is 1. The van der Waals surface area contributed by atoms with Gasteiger partial charge in [-0.3, -0.25) is 19.4 Å². The van der Waals surface area contributed by atoms with Crippen LogP contribution in [0.5, 0.6) is 5.75 Å². The number of benzene rings is 1. The lowest BCUT2D eigenvalue weighted by atomic mass is 10.1. The number of pyridine rings is 1. The monoisotopic (exact) mass is 571 g/mol. The van der Waals surface area contributed by atoms with Gasteiger partial charge in [0.05, 0.1) is 17.6 Å². The number of likely N-dealkylation sites (N-methyl/N-ethyl adjacent to an activating group) is 1. The number of hydrogen-bond acceptors (Lipinski definition) is 7. The Kier molecular flexibility index (Phi) is 6.11.